The zero-order valence-corrected chi connectivity index (χ0v) is 27.6. The first-order chi connectivity index (χ1) is 24.1. The van der Waals surface area contributed by atoms with Crippen molar-refractivity contribution in [2.45, 2.75) is 24.7 Å². The molecule has 0 radical (unpaired) electrons. The zero-order valence-electron chi connectivity index (χ0n) is 27.6. The van der Waals surface area contributed by atoms with Crippen molar-refractivity contribution in [3.05, 3.63) is 203 Å². The molecular formula is C47H34N2. The van der Waals surface area contributed by atoms with Crippen LogP contribution in [0, 0.1) is 0 Å². The van der Waals surface area contributed by atoms with Crippen molar-refractivity contribution >= 4 is 33.2 Å². The van der Waals surface area contributed by atoms with E-state index >= 15 is 0 Å². The van der Waals surface area contributed by atoms with Gasteiger partial charge in [0.05, 0.1) is 27.8 Å². The number of hydrogen-bond acceptors (Lipinski definition) is 1. The minimum atomic E-state index is -0.601. The summed E-state index contributed by atoms with van der Waals surface area (Å²) < 4.78 is 2.48. The van der Waals surface area contributed by atoms with Crippen LogP contribution in [0.3, 0.4) is 0 Å². The van der Waals surface area contributed by atoms with Crippen LogP contribution in [-0.4, -0.2) is 10.3 Å². The Morgan fingerprint density at radius 3 is 1.82 bits per heavy atom. The molecule has 0 N–H and O–H groups in total. The molecule has 2 heteroatoms. The Kier molecular flexibility index (Phi) is 5.87. The van der Waals surface area contributed by atoms with Gasteiger partial charge < -0.3 is 4.57 Å². The van der Waals surface area contributed by atoms with Crippen LogP contribution in [0.2, 0.25) is 0 Å². The molecule has 7 aromatic carbocycles. The van der Waals surface area contributed by atoms with E-state index in [2.05, 4.69) is 188 Å². The van der Waals surface area contributed by atoms with Gasteiger partial charge in [-0.15, -0.1) is 0 Å². The summed E-state index contributed by atoms with van der Waals surface area (Å²) in [6.45, 7) is 4.72. The van der Waals surface area contributed by atoms with Crippen LogP contribution in [0.25, 0.3) is 38.6 Å². The van der Waals surface area contributed by atoms with Crippen molar-refractivity contribution in [2.75, 3.05) is 0 Å². The Bertz CT molecular complexity index is 2570. The summed E-state index contributed by atoms with van der Waals surface area (Å²) in [6, 6.07) is 62.1. The Morgan fingerprint density at radius 2 is 1.08 bits per heavy atom. The summed E-state index contributed by atoms with van der Waals surface area (Å²) in [5, 5.41) is 2.45. The first-order valence-corrected chi connectivity index (χ1v) is 17.1. The third-order valence-electron chi connectivity index (χ3n) is 11.1. The van der Waals surface area contributed by atoms with Gasteiger partial charge in [-0.3, -0.25) is 4.99 Å². The van der Waals surface area contributed by atoms with E-state index in [1.54, 1.807) is 0 Å². The second-order valence-electron chi connectivity index (χ2n) is 13.9. The van der Waals surface area contributed by atoms with Crippen LogP contribution in [0.5, 0.6) is 0 Å². The van der Waals surface area contributed by atoms with Gasteiger partial charge in [-0.25, -0.2) is 0 Å². The van der Waals surface area contributed by atoms with Crippen molar-refractivity contribution in [1.82, 2.24) is 4.57 Å². The maximum Gasteiger partial charge on any atom is 0.0901 e. The molecule has 8 aromatic rings. The molecule has 1 aromatic heterocycles. The molecule has 0 amide bonds. The van der Waals surface area contributed by atoms with Crippen LogP contribution in [0.4, 0.5) is 5.69 Å². The van der Waals surface area contributed by atoms with E-state index in [0.29, 0.717) is 0 Å². The molecule has 2 nitrogen and oxygen atoms in total. The van der Waals surface area contributed by atoms with Gasteiger partial charge in [0.2, 0.25) is 0 Å². The van der Waals surface area contributed by atoms with Crippen molar-refractivity contribution < 1.29 is 0 Å². The fourth-order valence-corrected chi connectivity index (χ4v) is 8.84. The summed E-state index contributed by atoms with van der Waals surface area (Å²) in [5.41, 5.74) is 15.1. The van der Waals surface area contributed by atoms with Gasteiger partial charge in [0, 0.05) is 27.4 Å². The number of aliphatic imine (C=N–C) groups is 1. The molecule has 1 aliphatic carbocycles. The SMILES string of the molecule is CC1(C)c2ccccc2-c2ccc(-n3c4ccccc4c4cc5c(cc43)C(c3ccccc3)(c3ccccc3)C(c3ccccc3)=N5)cc21. The van der Waals surface area contributed by atoms with Gasteiger partial charge in [-0.05, 0) is 69.3 Å². The Morgan fingerprint density at radius 1 is 0.469 bits per heavy atom. The van der Waals surface area contributed by atoms with Gasteiger partial charge in [-0.2, -0.15) is 0 Å². The standard InChI is InChI=1S/C47H34N2/c1-46(2)39-24-14-12-22-35(39)36-27-26-34(28-40(36)46)49-43-25-15-13-23-37(43)38-29-42-41(30-44(38)49)47(32-18-8-4-9-19-32,33-20-10-5-11-21-33)45(48-42)31-16-6-3-7-17-31/h3-30H,1-2H3. The maximum absolute atomic E-state index is 5.56. The summed E-state index contributed by atoms with van der Waals surface area (Å²) in [5.74, 6) is 0. The molecule has 0 fully saturated rings. The smallest absolute Gasteiger partial charge is 0.0901 e. The monoisotopic (exact) mass is 626 g/mol. The Labute approximate surface area is 286 Å². The first kappa shape index (κ1) is 28.1. The van der Waals surface area contributed by atoms with E-state index in [9.17, 15) is 0 Å². The summed E-state index contributed by atoms with van der Waals surface area (Å²) in [6.07, 6.45) is 0. The second kappa shape index (κ2) is 10.3. The second-order valence-corrected chi connectivity index (χ2v) is 13.9. The molecule has 0 bridgehead atoms. The molecule has 2 heterocycles. The van der Waals surface area contributed by atoms with Gasteiger partial charge in [0.15, 0.2) is 0 Å². The normalized spacial score (nSPS) is 15.2. The van der Waals surface area contributed by atoms with Gasteiger partial charge >= 0.3 is 0 Å². The molecular weight excluding hydrogens is 593 g/mol. The van der Waals surface area contributed by atoms with E-state index in [0.717, 1.165) is 17.0 Å². The van der Waals surface area contributed by atoms with Gasteiger partial charge in [0.1, 0.15) is 0 Å². The number of aromatic nitrogens is 1. The molecule has 0 saturated heterocycles. The molecule has 0 saturated carbocycles. The average Bonchev–Trinajstić information content (AvgIpc) is 3.75. The van der Waals surface area contributed by atoms with Crippen LogP contribution in [0.15, 0.2) is 175 Å². The predicted octanol–water partition coefficient (Wildman–Crippen LogP) is 11.6. The quantitative estimate of drug-likeness (QED) is 0.185. The van der Waals surface area contributed by atoms with Gasteiger partial charge in [-0.1, -0.05) is 153 Å². The van der Waals surface area contributed by atoms with E-state index in [1.807, 2.05) is 0 Å². The topological polar surface area (TPSA) is 17.3 Å². The first-order valence-electron chi connectivity index (χ1n) is 17.1. The fraction of sp³-hybridized carbons (Fsp3) is 0.0851. The highest BCUT2D eigenvalue weighted by molar-refractivity contribution is 6.19. The third-order valence-corrected chi connectivity index (χ3v) is 11.1. The largest absolute Gasteiger partial charge is 0.309 e. The summed E-state index contributed by atoms with van der Waals surface area (Å²) in [7, 11) is 0. The van der Waals surface area contributed by atoms with Gasteiger partial charge in [0.25, 0.3) is 0 Å². The fourth-order valence-electron chi connectivity index (χ4n) is 8.84. The predicted molar refractivity (Wildman–Crippen MR) is 204 cm³/mol. The number of rotatable bonds is 4. The molecule has 10 rings (SSSR count). The number of fused-ring (bicyclic) bond motifs is 7. The van der Waals surface area contributed by atoms with E-state index < -0.39 is 5.41 Å². The van der Waals surface area contributed by atoms with Crippen LogP contribution in [-0.2, 0) is 10.8 Å². The molecule has 2 aliphatic rings. The van der Waals surface area contributed by atoms with Crippen molar-refractivity contribution in [3.8, 4) is 16.8 Å². The molecule has 0 spiro atoms. The van der Waals surface area contributed by atoms with Crippen LogP contribution >= 0.6 is 0 Å². The molecule has 0 atom stereocenters. The van der Waals surface area contributed by atoms with Crippen molar-refractivity contribution in [1.29, 1.82) is 0 Å². The molecule has 232 valence electrons. The highest BCUT2D eigenvalue weighted by Gasteiger charge is 2.47. The highest BCUT2D eigenvalue weighted by Crippen LogP contribution is 2.54. The minimum Gasteiger partial charge on any atom is -0.309 e. The lowest BCUT2D eigenvalue weighted by Gasteiger charge is -2.34. The number of benzene rings is 7. The Hall–Kier alpha value is -5.99. The number of nitrogens with zero attached hydrogens (tertiary/aromatic N) is 2. The lowest BCUT2D eigenvalue weighted by Crippen LogP contribution is -2.36. The summed E-state index contributed by atoms with van der Waals surface area (Å²) in [4.78, 5) is 5.56. The zero-order chi connectivity index (χ0) is 32.7. The minimum absolute atomic E-state index is 0.0872. The van der Waals surface area contributed by atoms with E-state index in [1.165, 1.54) is 66.4 Å². The summed E-state index contributed by atoms with van der Waals surface area (Å²) >= 11 is 0. The van der Waals surface area contributed by atoms with Crippen molar-refractivity contribution in [3.63, 3.8) is 0 Å². The van der Waals surface area contributed by atoms with Crippen LogP contribution < -0.4 is 0 Å². The van der Waals surface area contributed by atoms with E-state index in [-0.39, 0.29) is 5.41 Å². The maximum atomic E-state index is 5.56. The molecule has 1 aliphatic heterocycles. The average molecular weight is 627 g/mol. The Balaban J connectivity index is 1.30. The van der Waals surface area contributed by atoms with Crippen LogP contribution in [0.1, 0.15) is 47.2 Å². The highest BCUT2D eigenvalue weighted by atomic mass is 15.0. The lowest BCUT2D eigenvalue weighted by molar-refractivity contribution is 0.660. The molecule has 49 heavy (non-hydrogen) atoms. The lowest BCUT2D eigenvalue weighted by atomic mass is 9.65. The molecule has 0 unspecified atom stereocenters. The third kappa shape index (κ3) is 3.80. The van der Waals surface area contributed by atoms with E-state index in [4.69, 9.17) is 4.99 Å². The number of hydrogen-bond donors (Lipinski definition) is 0. The van der Waals surface area contributed by atoms with Crippen molar-refractivity contribution in [2.24, 2.45) is 4.99 Å². The number of para-hydroxylation sites is 1.